The Morgan fingerprint density at radius 1 is 1.31 bits per heavy atom. The summed E-state index contributed by atoms with van der Waals surface area (Å²) in [6, 6.07) is 7.30. The summed E-state index contributed by atoms with van der Waals surface area (Å²) in [4.78, 5) is 19.2. The molecule has 1 amide bonds. The van der Waals surface area contributed by atoms with Crippen LogP contribution in [0.25, 0.3) is 0 Å². The SMILES string of the molecule is CN1Cc2cc(C(=O)NC(CO)c3ccc(S(C)(=O)=O)cc3)cnc2C1. The number of aliphatic hydroxyl groups excluding tert-OH is 1. The molecule has 0 saturated carbocycles. The van der Waals surface area contributed by atoms with Crippen LogP contribution >= 0.6 is 0 Å². The highest BCUT2D eigenvalue weighted by Gasteiger charge is 2.21. The van der Waals surface area contributed by atoms with Crippen LogP contribution in [0.15, 0.2) is 41.4 Å². The molecular weight excluding hydrogens is 354 g/mol. The number of hydrogen-bond donors (Lipinski definition) is 2. The summed E-state index contributed by atoms with van der Waals surface area (Å²) >= 11 is 0. The van der Waals surface area contributed by atoms with E-state index in [-0.39, 0.29) is 17.4 Å². The van der Waals surface area contributed by atoms with Gasteiger partial charge in [0.1, 0.15) is 0 Å². The molecule has 0 fully saturated rings. The molecule has 2 N–H and O–H groups in total. The number of aliphatic hydroxyl groups is 1. The van der Waals surface area contributed by atoms with Gasteiger partial charge in [0, 0.05) is 25.5 Å². The Kier molecular flexibility index (Phi) is 5.08. The monoisotopic (exact) mass is 375 g/mol. The highest BCUT2D eigenvalue weighted by atomic mass is 32.2. The third kappa shape index (κ3) is 3.92. The van der Waals surface area contributed by atoms with Crippen molar-refractivity contribution in [2.75, 3.05) is 19.9 Å². The second kappa shape index (κ2) is 7.14. The number of aromatic nitrogens is 1. The molecule has 0 radical (unpaired) electrons. The van der Waals surface area contributed by atoms with Crippen molar-refractivity contribution in [3.05, 3.63) is 58.9 Å². The zero-order chi connectivity index (χ0) is 18.9. The van der Waals surface area contributed by atoms with Crippen LogP contribution in [0, 0.1) is 0 Å². The van der Waals surface area contributed by atoms with E-state index in [0.29, 0.717) is 11.1 Å². The van der Waals surface area contributed by atoms with Gasteiger partial charge in [0.05, 0.1) is 28.8 Å². The minimum Gasteiger partial charge on any atom is -0.394 e. The normalized spacial score (nSPS) is 15.5. The van der Waals surface area contributed by atoms with E-state index in [1.165, 1.54) is 18.3 Å². The third-order valence-electron chi connectivity index (χ3n) is 4.38. The molecule has 1 atom stereocenters. The van der Waals surface area contributed by atoms with Crippen LogP contribution in [0.1, 0.15) is 33.2 Å². The molecule has 1 unspecified atom stereocenters. The fourth-order valence-corrected chi connectivity index (χ4v) is 3.60. The number of carbonyl (C=O) groups excluding carboxylic acids is 1. The number of nitrogens with zero attached hydrogens (tertiary/aromatic N) is 2. The van der Waals surface area contributed by atoms with Crippen molar-refractivity contribution in [2.45, 2.75) is 24.0 Å². The zero-order valence-corrected chi connectivity index (χ0v) is 15.5. The average molecular weight is 375 g/mol. The first kappa shape index (κ1) is 18.5. The first-order valence-electron chi connectivity index (χ1n) is 8.16. The van der Waals surface area contributed by atoms with Crippen molar-refractivity contribution in [2.24, 2.45) is 0 Å². The fraction of sp³-hybridized carbons (Fsp3) is 0.333. The van der Waals surface area contributed by atoms with E-state index in [1.54, 1.807) is 12.1 Å². The molecule has 1 aliphatic rings. The number of amides is 1. The van der Waals surface area contributed by atoms with Gasteiger partial charge in [-0.1, -0.05) is 12.1 Å². The summed E-state index contributed by atoms with van der Waals surface area (Å²) in [6.07, 6.45) is 2.67. The molecule has 1 aromatic heterocycles. The first-order chi connectivity index (χ1) is 12.3. The van der Waals surface area contributed by atoms with Gasteiger partial charge < -0.3 is 10.4 Å². The van der Waals surface area contributed by atoms with E-state index in [1.807, 2.05) is 13.1 Å². The number of rotatable bonds is 5. The lowest BCUT2D eigenvalue weighted by atomic mass is 10.1. The van der Waals surface area contributed by atoms with Crippen LogP contribution in [0.3, 0.4) is 0 Å². The minimum atomic E-state index is -3.29. The van der Waals surface area contributed by atoms with Crippen LogP contribution in [-0.4, -0.2) is 49.2 Å². The molecule has 3 rings (SSSR count). The van der Waals surface area contributed by atoms with E-state index in [0.717, 1.165) is 30.6 Å². The van der Waals surface area contributed by atoms with Crippen LogP contribution < -0.4 is 5.32 Å². The molecule has 0 bridgehead atoms. The van der Waals surface area contributed by atoms with Gasteiger partial charge in [0.2, 0.25) is 0 Å². The highest BCUT2D eigenvalue weighted by molar-refractivity contribution is 7.90. The molecule has 2 aromatic rings. The molecular formula is C18H21N3O4S. The van der Waals surface area contributed by atoms with Crippen molar-refractivity contribution in [3.8, 4) is 0 Å². The lowest BCUT2D eigenvalue weighted by Crippen LogP contribution is -2.31. The minimum absolute atomic E-state index is 0.191. The number of pyridine rings is 1. The van der Waals surface area contributed by atoms with Gasteiger partial charge in [-0.05, 0) is 36.4 Å². The number of carbonyl (C=O) groups is 1. The van der Waals surface area contributed by atoms with E-state index < -0.39 is 15.9 Å². The molecule has 0 aliphatic carbocycles. The Labute approximate surface area is 152 Å². The van der Waals surface area contributed by atoms with Crippen LogP contribution in [0.4, 0.5) is 0 Å². The molecule has 26 heavy (non-hydrogen) atoms. The number of sulfone groups is 1. The maximum Gasteiger partial charge on any atom is 0.253 e. The third-order valence-corrected chi connectivity index (χ3v) is 5.51. The molecule has 8 heteroatoms. The number of benzene rings is 1. The average Bonchev–Trinajstić information content (AvgIpc) is 2.98. The van der Waals surface area contributed by atoms with Crippen LogP contribution in [0.2, 0.25) is 0 Å². The second-order valence-electron chi connectivity index (χ2n) is 6.55. The number of nitrogens with one attached hydrogen (secondary N) is 1. The Hall–Kier alpha value is -2.29. The molecule has 0 saturated heterocycles. The van der Waals surface area contributed by atoms with E-state index in [2.05, 4.69) is 15.2 Å². The number of hydrogen-bond acceptors (Lipinski definition) is 6. The van der Waals surface area contributed by atoms with Gasteiger partial charge in [0.25, 0.3) is 5.91 Å². The predicted molar refractivity (Wildman–Crippen MR) is 96.3 cm³/mol. The molecule has 1 aromatic carbocycles. The van der Waals surface area contributed by atoms with Crippen molar-refractivity contribution < 1.29 is 18.3 Å². The van der Waals surface area contributed by atoms with Crippen LogP contribution in [-0.2, 0) is 22.9 Å². The maximum absolute atomic E-state index is 12.5. The summed E-state index contributed by atoms with van der Waals surface area (Å²) < 4.78 is 23.1. The molecule has 138 valence electrons. The Morgan fingerprint density at radius 3 is 2.62 bits per heavy atom. The quantitative estimate of drug-likeness (QED) is 0.805. The maximum atomic E-state index is 12.5. The lowest BCUT2D eigenvalue weighted by molar-refractivity contribution is 0.0915. The highest BCUT2D eigenvalue weighted by Crippen LogP contribution is 2.21. The Bertz CT molecular complexity index is 926. The molecule has 2 heterocycles. The van der Waals surface area contributed by atoms with Gasteiger partial charge in [-0.25, -0.2) is 8.42 Å². The van der Waals surface area contributed by atoms with Crippen LogP contribution in [0.5, 0.6) is 0 Å². The largest absolute Gasteiger partial charge is 0.394 e. The topological polar surface area (TPSA) is 99.6 Å². The van der Waals surface area contributed by atoms with Gasteiger partial charge in [0.15, 0.2) is 9.84 Å². The summed E-state index contributed by atoms with van der Waals surface area (Å²) in [6.45, 7) is 1.22. The summed E-state index contributed by atoms with van der Waals surface area (Å²) in [5.74, 6) is -0.332. The molecule has 7 nitrogen and oxygen atoms in total. The van der Waals surface area contributed by atoms with E-state index >= 15 is 0 Å². The van der Waals surface area contributed by atoms with Crippen molar-refractivity contribution >= 4 is 15.7 Å². The standard InChI is InChI=1S/C18H21N3O4S/c1-21-9-14-7-13(8-19-16(14)10-21)18(23)20-17(11-22)12-3-5-15(6-4-12)26(2,24)25/h3-8,17,22H,9-11H2,1-2H3,(H,20,23). The van der Waals surface area contributed by atoms with Gasteiger partial charge in [-0.2, -0.15) is 0 Å². The van der Waals surface area contributed by atoms with Crippen molar-refractivity contribution in [3.63, 3.8) is 0 Å². The summed E-state index contributed by atoms with van der Waals surface area (Å²) in [7, 11) is -1.30. The summed E-state index contributed by atoms with van der Waals surface area (Å²) in [5, 5.41) is 12.4. The predicted octanol–water partition coefficient (Wildman–Crippen LogP) is 0.894. The van der Waals surface area contributed by atoms with E-state index in [9.17, 15) is 18.3 Å². The number of fused-ring (bicyclic) bond motifs is 1. The smallest absolute Gasteiger partial charge is 0.253 e. The van der Waals surface area contributed by atoms with Gasteiger partial charge in [-0.15, -0.1) is 0 Å². The molecule has 0 spiro atoms. The Morgan fingerprint density at radius 2 is 2.00 bits per heavy atom. The molecule has 1 aliphatic heterocycles. The fourth-order valence-electron chi connectivity index (χ4n) is 2.97. The van der Waals surface area contributed by atoms with E-state index in [4.69, 9.17) is 0 Å². The zero-order valence-electron chi connectivity index (χ0n) is 14.6. The van der Waals surface area contributed by atoms with Gasteiger partial charge >= 0.3 is 0 Å². The van der Waals surface area contributed by atoms with Crippen molar-refractivity contribution in [1.82, 2.24) is 15.2 Å². The Balaban J connectivity index is 1.76. The van der Waals surface area contributed by atoms with Crippen molar-refractivity contribution in [1.29, 1.82) is 0 Å². The van der Waals surface area contributed by atoms with Gasteiger partial charge in [-0.3, -0.25) is 14.7 Å². The summed E-state index contributed by atoms with van der Waals surface area (Å²) in [5.41, 5.74) is 3.06. The first-order valence-corrected chi connectivity index (χ1v) is 10.0. The second-order valence-corrected chi connectivity index (χ2v) is 8.57. The lowest BCUT2D eigenvalue weighted by Gasteiger charge is -2.17.